The largest absolute Gasteiger partial charge is 0.478 e. The Balaban J connectivity index is 0.000000161. The molecule has 0 aliphatic heterocycles. The van der Waals surface area contributed by atoms with Crippen molar-refractivity contribution >= 4 is 34.2 Å². The van der Waals surface area contributed by atoms with Crippen LogP contribution in [-0.4, -0.2) is 22.2 Å². The van der Waals surface area contributed by atoms with Crippen molar-refractivity contribution in [3.63, 3.8) is 0 Å². The second-order valence-corrected chi connectivity index (χ2v) is 10.1. The van der Waals surface area contributed by atoms with Gasteiger partial charge in [0.25, 0.3) is 0 Å². The first kappa shape index (κ1) is 26.9. The zero-order valence-electron chi connectivity index (χ0n) is 22.3. The minimum absolute atomic E-state index is 0.442. The quantitative estimate of drug-likeness (QED) is 0.263. The number of hydrogen-bond donors (Lipinski definition) is 2. The summed E-state index contributed by atoms with van der Waals surface area (Å²) in [5, 5.41) is 19.3. The highest BCUT2D eigenvalue weighted by molar-refractivity contribution is 6.24. The maximum atomic E-state index is 11.8. The van der Waals surface area contributed by atoms with E-state index in [1.165, 1.54) is 11.1 Å². The fourth-order valence-electron chi connectivity index (χ4n) is 5.83. The first-order valence-corrected chi connectivity index (χ1v) is 13.7. The van der Waals surface area contributed by atoms with E-state index in [0.717, 1.165) is 71.9 Å². The normalized spacial score (nSPS) is 16.4. The maximum absolute atomic E-state index is 11.8. The van der Waals surface area contributed by atoms with Gasteiger partial charge in [0.2, 0.25) is 0 Å². The van der Waals surface area contributed by atoms with Gasteiger partial charge in [0, 0.05) is 0 Å². The molecule has 0 spiro atoms. The van der Waals surface area contributed by atoms with E-state index in [9.17, 15) is 19.8 Å². The van der Waals surface area contributed by atoms with Gasteiger partial charge < -0.3 is 10.2 Å². The Labute approximate surface area is 235 Å². The van der Waals surface area contributed by atoms with E-state index >= 15 is 0 Å². The number of benzene rings is 4. The van der Waals surface area contributed by atoms with Crippen LogP contribution in [0.25, 0.3) is 22.3 Å². The predicted octanol–water partition coefficient (Wildman–Crippen LogP) is 8.04. The van der Waals surface area contributed by atoms with E-state index in [1.807, 2.05) is 97.1 Å². The Morgan fingerprint density at radius 2 is 0.800 bits per heavy atom. The smallest absolute Gasteiger partial charge is 0.336 e. The molecule has 0 aromatic heterocycles. The maximum Gasteiger partial charge on any atom is 0.336 e. The Morgan fingerprint density at radius 3 is 1.18 bits per heavy atom. The Hall–Kier alpha value is -4.70. The number of aliphatic carboxylic acids is 2. The molecule has 0 saturated heterocycles. The first-order valence-electron chi connectivity index (χ1n) is 13.7. The summed E-state index contributed by atoms with van der Waals surface area (Å²) in [6.07, 6.45) is 5.73. The minimum atomic E-state index is -0.845. The molecule has 4 aromatic carbocycles. The van der Waals surface area contributed by atoms with E-state index in [2.05, 4.69) is 12.1 Å². The molecule has 0 atom stereocenters. The molecule has 0 saturated carbocycles. The van der Waals surface area contributed by atoms with Gasteiger partial charge >= 0.3 is 11.9 Å². The molecule has 0 radical (unpaired) electrons. The zero-order valence-corrected chi connectivity index (χ0v) is 22.3. The van der Waals surface area contributed by atoms with Crippen LogP contribution in [0.5, 0.6) is 0 Å². The second-order valence-electron chi connectivity index (χ2n) is 10.1. The monoisotopic (exact) mass is 528 g/mol. The number of carboxylic acid groups (broad SMARTS) is 2. The summed E-state index contributed by atoms with van der Waals surface area (Å²) in [6, 6.07) is 35.1. The third-order valence-electron chi connectivity index (χ3n) is 7.59. The number of hydrogen-bond acceptors (Lipinski definition) is 2. The molecular formula is C36H32O4. The lowest BCUT2D eigenvalue weighted by Gasteiger charge is -2.21. The lowest BCUT2D eigenvalue weighted by Crippen LogP contribution is -2.08. The van der Waals surface area contributed by atoms with Crippen LogP contribution < -0.4 is 0 Å². The van der Waals surface area contributed by atoms with Crippen molar-refractivity contribution in [2.75, 3.05) is 0 Å². The van der Waals surface area contributed by atoms with Crippen molar-refractivity contribution in [1.29, 1.82) is 0 Å². The lowest BCUT2D eigenvalue weighted by molar-refractivity contribution is -0.131. The molecule has 40 heavy (non-hydrogen) atoms. The fraction of sp³-hybridized carbons (Fsp3) is 0.167. The van der Waals surface area contributed by atoms with Crippen molar-refractivity contribution in [2.24, 2.45) is 0 Å². The number of carbonyl (C=O) groups is 2. The average Bonchev–Trinajstić information content (AvgIpc) is 2.99. The fourth-order valence-corrected chi connectivity index (χ4v) is 5.83. The molecule has 4 nitrogen and oxygen atoms in total. The molecule has 2 aliphatic carbocycles. The van der Waals surface area contributed by atoms with Crippen LogP contribution >= 0.6 is 0 Å². The van der Waals surface area contributed by atoms with Gasteiger partial charge in [-0.3, -0.25) is 0 Å². The molecule has 0 fully saturated rings. The van der Waals surface area contributed by atoms with Gasteiger partial charge in [-0.05, 0) is 83.1 Å². The van der Waals surface area contributed by atoms with Crippen molar-refractivity contribution in [3.8, 4) is 0 Å². The third kappa shape index (κ3) is 5.81. The summed E-state index contributed by atoms with van der Waals surface area (Å²) in [6.45, 7) is 0. The van der Waals surface area contributed by atoms with Crippen molar-refractivity contribution < 1.29 is 19.8 Å². The highest BCUT2D eigenvalue weighted by atomic mass is 16.4. The number of aryl methyl sites for hydroxylation is 2. The van der Waals surface area contributed by atoms with E-state index in [0.29, 0.717) is 11.1 Å². The van der Waals surface area contributed by atoms with Crippen LogP contribution in [0, 0.1) is 0 Å². The second kappa shape index (κ2) is 12.4. The van der Waals surface area contributed by atoms with Crippen molar-refractivity contribution in [3.05, 3.63) is 143 Å². The molecule has 0 unspecified atom stereocenters. The van der Waals surface area contributed by atoms with Crippen LogP contribution in [0.1, 0.15) is 59.1 Å². The van der Waals surface area contributed by atoms with Gasteiger partial charge in [-0.25, -0.2) is 9.59 Å². The van der Waals surface area contributed by atoms with Crippen molar-refractivity contribution in [1.82, 2.24) is 0 Å². The predicted molar refractivity (Wildman–Crippen MR) is 161 cm³/mol. The highest BCUT2D eigenvalue weighted by Crippen LogP contribution is 2.37. The summed E-state index contributed by atoms with van der Waals surface area (Å²) in [5.74, 6) is -1.69. The molecule has 0 amide bonds. The molecule has 4 heteroatoms. The molecule has 200 valence electrons. The van der Waals surface area contributed by atoms with Crippen LogP contribution in [0.3, 0.4) is 0 Å². The molecule has 0 heterocycles. The van der Waals surface area contributed by atoms with E-state index in [1.54, 1.807) is 0 Å². The number of rotatable bonds is 4. The van der Waals surface area contributed by atoms with Crippen molar-refractivity contribution in [2.45, 2.75) is 38.5 Å². The van der Waals surface area contributed by atoms with E-state index in [-0.39, 0.29) is 0 Å². The van der Waals surface area contributed by atoms with Gasteiger partial charge in [0.05, 0.1) is 11.1 Å². The summed E-state index contributed by atoms with van der Waals surface area (Å²) >= 11 is 0. The molecular weight excluding hydrogens is 496 g/mol. The number of allylic oxidation sites excluding steroid dienone is 2. The minimum Gasteiger partial charge on any atom is -0.478 e. The molecule has 0 bridgehead atoms. The Bertz CT molecular complexity index is 1460. The van der Waals surface area contributed by atoms with Crippen LogP contribution in [0.2, 0.25) is 0 Å². The lowest BCUT2D eigenvalue weighted by atomic mass is 9.83. The molecule has 6 rings (SSSR count). The molecule has 2 N–H and O–H groups in total. The molecule has 2 aliphatic rings. The van der Waals surface area contributed by atoms with Gasteiger partial charge in [-0.2, -0.15) is 0 Å². The summed E-state index contributed by atoms with van der Waals surface area (Å²) in [4.78, 5) is 23.5. The third-order valence-corrected chi connectivity index (χ3v) is 7.59. The van der Waals surface area contributed by atoms with Gasteiger partial charge in [-0.1, -0.05) is 109 Å². The van der Waals surface area contributed by atoms with E-state index < -0.39 is 11.9 Å². The first-order chi connectivity index (χ1) is 19.5. The average molecular weight is 529 g/mol. The zero-order chi connectivity index (χ0) is 27.9. The van der Waals surface area contributed by atoms with Gasteiger partial charge in [0.1, 0.15) is 0 Å². The van der Waals surface area contributed by atoms with Crippen LogP contribution in [-0.2, 0) is 22.4 Å². The SMILES string of the molecule is O=C(O)/C(=C1/CCCc2ccccc21)c1ccccc1.O=C(O)/C(=C1/CCCc2ccccc21)c1ccccc1. The Morgan fingerprint density at radius 1 is 0.450 bits per heavy atom. The molecule has 4 aromatic rings. The van der Waals surface area contributed by atoms with E-state index in [4.69, 9.17) is 0 Å². The van der Waals surface area contributed by atoms with Crippen LogP contribution in [0.15, 0.2) is 109 Å². The topological polar surface area (TPSA) is 74.6 Å². The highest BCUT2D eigenvalue weighted by Gasteiger charge is 2.23. The summed E-state index contributed by atoms with van der Waals surface area (Å²) in [7, 11) is 0. The number of carboxylic acids is 2. The van der Waals surface area contributed by atoms with Crippen LogP contribution in [0.4, 0.5) is 0 Å². The van der Waals surface area contributed by atoms with Gasteiger partial charge in [0.15, 0.2) is 0 Å². The van der Waals surface area contributed by atoms with Gasteiger partial charge in [-0.15, -0.1) is 0 Å². The Kier molecular flexibility index (Phi) is 8.36. The summed E-state index contributed by atoms with van der Waals surface area (Å²) in [5.41, 5.74) is 9.08. The summed E-state index contributed by atoms with van der Waals surface area (Å²) < 4.78 is 0. The standard InChI is InChI=1S/2C18H16O2/c2*19-18(20)17(14-8-2-1-3-9-14)16-12-6-10-13-7-4-5-11-15(13)16/h2*1-5,7-9,11H,6,10,12H2,(H,19,20)/b2*17-16-. The number of fused-ring (bicyclic) bond motifs is 2.